The molecule has 6 heteroatoms. The highest BCUT2D eigenvalue weighted by atomic mass is 16.5. The summed E-state index contributed by atoms with van der Waals surface area (Å²) in [4.78, 5) is 20.9. The van der Waals surface area contributed by atoms with Gasteiger partial charge in [0.1, 0.15) is 13.2 Å². The number of nitrogens with one attached hydrogen (secondary N) is 2. The fourth-order valence-corrected chi connectivity index (χ4v) is 1.24. The van der Waals surface area contributed by atoms with Crippen molar-refractivity contribution in [3.05, 3.63) is 12.2 Å². The molecule has 0 saturated heterocycles. The van der Waals surface area contributed by atoms with Gasteiger partial charge < -0.3 is 15.4 Å². The Balaban J connectivity index is 3.20. The van der Waals surface area contributed by atoms with Crippen LogP contribution in [0.2, 0.25) is 0 Å². The fourth-order valence-electron chi connectivity index (χ4n) is 1.24. The molecule has 102 valence electrons. The first-order valence-electron chi connectivity index (χ1n) is 6.05. The zero-order valence-electron chi connectivity index (χ0n) is 10.4. The van der Waals surface area contributed by atoms with Crippen LogP contribution in [0.1, 0.15) is 25.7 Å². The number of alkyl carbamates (subject to hydrolysis) is 1. The van der Waals surface area contributed by atoms with E-state index in [9.17, 15) is 14.7 Å². The van der Waals surface area contributed by atoms with Gasteiger partial charge in [-0.15, -0.1) is 0 Å². The van der Waals surface area contributed by atoms with Crippen LogP contribution in [0.25, 0.3) is 0 Å². The van der Waals surface area contributed by atoms with Gasteiger partial charge in [-0.1, -0.05) is 18.9 Å². The Kier molecular flexibility index (Phi) is 12.3. The van der Waals surface area contributed by atoms with Crippen molar-refractivity contribution in [3.63, 3.8) is 0 Å². The van der Waals surface area contributed by atoms with Gasteiger partial charge in [0.05, 0.1) is 0 Å². The smallest absolute Gasteiger partial charge is 0.407 e. The van der Waals surface area contributed by atoms with Crippen molar-refractivity contribution in [1.29, 1.82) is 0 Å². The number of rotatable bonds is 11. The Morgan fingerprint density at radius 1 is 1.11 bits per heavy atom. The lowest BCUT2D eigenvalue weighted by Crippen LogP contribution is -2.25. The number of carbonyl (C=O) groups excluding carboxylic acids is 2. The Hall–Kier alpha value is -1.56. The molecule has 0 aliphatic rings. The highest BCUT2D eigenvalue weighted by molar-refractivity contribution is 5.67. The van der Waals surface area contributed by atoms with E-state index < -0.39 is 6.09 Å². The number of hydrogen-bond acceptors (Lipinski definition) is 3. The van der Waals surface area contributed by atoms with Gasteiger partial charge in [0.15, 0.2) is 0 Å². The van der Waals surface area contributed by atoms with Crippen LogP contribution in [0.4, 0.5) is 4.79 Å². The van der Waals surface area contributed by atoms with Gasteiger partial charge in [-0.25, -0.2) is 9.90 Å². The van der Waals surface area contributed by atoms with Crippen LogP contribution < -0.4 is 10.6 Å². The summed E-state index contributed by atoms with van der Waals surface area (Å²) in [7, 11) is 0. The largest absolute Gasteiger partial charge is 0.445 e. The molecule has 6 nitrogen and oxygen atoms in total. The summed E-state index contributed by atoms with van der Waals surface area (Å²) < 4.78 is 4.78. The van der Waals surface area contributed by atoms with Crippen LogP contribution >= 0.6 is 0 Å². The van der Waals surface area contributed by atoms with Crippen molar-refractivity contribution in [2.75, 3.05) is 26.3 Å². The molecule has 0 aliphatic carbocycles. The topological polar surface area (TPSA) is 87.3 Å². The summed E-state index contributed by atoms with van der Waals surface area (Å²) in [5.74, 6) is 0. The monoisotopic (exact) mass is 256 g/mol. The molecule has 0 aromatic carbocycles. The molecule has 0 saturated carbocycles. The molecule has 0 aromatic rings. The molecule has 0 unspecified atom stereocenters. The molecule has 0 aliphatic heterocycles. The molecule has 0 heterocycles. The number of hydrogen-bond donors (Lipinski definition) is 2. The lowest BCUT2D eigenvalue weighted by atomic mass is 10.2. The van der Waals surface area contributed by atoms with Gasteiger partial charge in [-0.3, -0.25) is 4.79 Å². The van der Waals surface area contributed by atoms with E-state index in [1.54, 1.807) is 6.41 Å². The normalized spacial score (nSPS) is 10.3. The van der Waals surface area contributed by atoms with E-state index in [1.165, 1.54) is 12.2 Å². The first-order chi connectivity index (χ1) is 8.81. The van der Waals surface area contributed by atoms with E-state index in [0.717, 1.165) is 25.7 Å². The van der Waals surface area contributed by atoms with Crippen LogP contribution in [0.15, 0.2) is 12.2 Å². The molecule has 2 amide bonds. The minimum atomic E-state index is -0.470. The molecular formula is C12H20N2O4. The van der Waals surface area contributed by atoms with Crippen molar-refractivity contribution >= 4 is 12.5 Å². The van der Waals surface area contributed by atoms with Crippen LogP contribution in [-0.2, 0) is 14.6 Å². The molecule has 0 bridgehead atoms. The number of ether oxygens (including phenoxy) is 1. The van der Waals surface area contributed by atoms with Gasteiger partial charge in [0, 0.05) is 13.1 Å². The summed E-state index contributed by atoms with van der Waals surface area (Å²) >= 11 is 0. The third kappa shape index (κ3) is 12.5. The highest BCUT2D eigenvalue weighted by Gasteiger charge is 1.98. The molecule has 2 radical (unpaired) electrons. The first kappa shape index (κ1) is 16.4. The second-order valence-electron chi connectivity index (χ2n) is 3.61. The van der Waals surface area contributed by atoms with Gasteiger partial charge in [0.25, 0.3) is 0 Å². The minimum Gasteiger partial charge on any atom is -0.445 e. The number of carbonyl (C=O) groups is 1. The number of amides is 2. The molecular weight excluding hydrogens is 236 g/mol. The highest BCUT2D eigenvalue weighted by Crippen LogP contribution is 1.97. The Morgan fingerprint density at radius 3 is 2.50 bits per heavy atom. The van der Waals surface area contributed by atoms with Gasteiger partial charge in [-0.05, 0) is 18.9 Å². The second-order valence-corrected chi connectivity index (χ2v) is 3.61. The second kappa shape index (κ2) is 13.5. The summed E-state index contributed by atoms with van der Waals surface area (Å²) in [6, 6.07) is 0. The van der Waals surface area contributed by atoms with E-state index >= 15 is 0 Å². The van der Waals surface area contributed by atoms with E-state index in [-0.39, 0.29) is 13.2 Å². The maximum atomic E-state index is 11.1. The summed E-state index contributed by atoms with van der Waals surface area (Å²) in [6.07, 6.45) is 7.83. The Morgan fingerprint density at radius 2 is 1.83 bits per heavy atom. The predicted molar refractivity (Wildman–Crippen MR) is 66.2 cm³/mol. The predicted octanol–water partition coefficient (Wildman–Crippen LogP) is 0.916. The first-order valence-corrected chi connectivity index (χ1v) is 6.05. The maximum absolute atomic E-state index is 11.1. The Labute approximate surface area is 107 Å². The van der Waals surface area contributed by atoms with Crippen molar-refractivity contribution in [2.24, 2.45) is 0 Å². The average Bonchev–Trinajstić information content (AvgIpc) is 2.38. The maximum Gasteiger partial charge on any atom is 0.407 e. The lowest BCUT2D eigenvalue weighted by molar-refractivity contribution is 0.157. The van der Waals surface area contributed by atoms with Gasteiger partial charge >= 0.3 is 12.5 Å². The zero-order valence-corrected chi connectivity index (χ0v) is 10.4. The Bertz CT molecular complexity index is 244. The van der Waals surface area contributed by atoms with Crippen LogP contribution in [0, 0.1) is 0 Å². The van der Waals surface area contributed by atoms with Crippen molar-refractivity contribution in [2.45, 2.75) is 25.7 Å². The SMILES string of the molecule is [O]CC=CCOC(=O)NCCCCCCN[C]=O. The van der Waals surface area contributed by atoms with Crippen LogP contribution in [0.5, 0.6) is 0 Å². The third-order valence-corrected chi connectivity index (χ3v) is 2.14. The molecule has 0 rings (SSSR count). The number of unbranched alkanes of at least 4 members (excludes halogenated alkanes) is 3. The van der Waals surface area contributed by atoms with Crippen LogP contribution in [0.3, 0.4) is 0 Å². The zero-order chi connectivity index (χ0) is 13.5. The summed E-state index contributed by atoms with van der Waals surface area (Å²) in [6.45, 7) is 1.03. The average molecular weight is 256 g/mol. The standard InChI is InChI=1S/C12H20N2O4/c15-9-5-6-10-18-12(17)14-8-4-2-1-3-7-13-11-16/h5-6H,1-4,7-10H2,(H,13,16)(H,14,17). The molecule has 0 atom stereocenters. The van der Waals surface area contributed by atoms with Gasteiger partial charge in [0.2, 0.25) is 0 Å². The summed E-state index contributed by atoms with van der Waals surface area (Å²) in [5, 5.41) is 15.1. The third-order valence-electron chi connectivity index (χ3n) is 2.14. The van der Waals surface area contributed by atoms with Crippen molar-refractivity contribution in [1.82, 2.24) is 10.6 Å². The van der Waals surface area contributed by atoms with E-state index in [0.29, 0.717) is 13.1 Å². The molecule has 18 heavy (non-hydrogen) atoms. The molecule has 0 aromatic heterocycles. The van der Waals surface area contributed by atoms with E-state index in [2.05, 4.69) is 10.6 Å². The summed E-state index contributed by atoms with van der Waals surface area (Å²) in [5.41, 5.74) is 0. The quantitative estimate of drug-likeness (QED) is 0.327. The van der Waals surface area contributed by atoms with Crippen molar-refractivity contribution < 1.29 is 19.4 Å². The van der Waals surface area contributed by atoms with Crippen LogP contribution in [-0.4, -0.2) is 38.8 Å². The van der Waals surface area contributed by atoms with Gasteiger partial charge in [-0.2, -0.15) is 0 Å². The van der Waals surface area contributed by atoms with E-state index in [1.807, 2.05) is 0 Å². The lowest BCUT2D eigenvalue weighted by Gasteiger charge is -2.05. The minimum absolute atomic E-state index is 0.127. The van der Waals surface area contributed by atoms with Crippen molar-refractivity contribution in [3.8, 4) is 0 Å². The molecule has 0 spiro atoms. The molecule has 0 fully saturated rings. The molecule has 2 N–H and O–H groups in total. The van der Waals surface area contributed by atoms with E-state index in [4.69, 9.17) is 4.74 Å². The fraction of sp³-hybridized carbons (Fsp3) is 0.667.